The topological polar surface area (TPSA) is 42.0 Å². The van der Waals surface area contributed by atoms with Gasteiger partial charge in [0.25, 0.3) is 5.91 Å². The zero-order valence-electron chi connectivity index (χ0n) is 13.1. The summed E-state index contributed by atoms with van der Waals surface area (Å²) < 4.78 is 0.792. The fraction of sp³-hybridized carbons (Fsp3) is 0.111. The van der Waals surface area contributed by atoms with Crippen LogP contribution in [-0.2, 0) is 0 Å². The summed E-state index contributed by atoms with van der Waals surface area (Å²) in [4.78, 5) is 18.1. The van der Waals surface area contributed by atoms with Gasteiger partial charge in [0.1, 0.15) is 0 Å². The van der Waals surface area contributed by atoms with E-state index < -0.39 is 0 Å². The van der Waals surface area contributed by atoms with E-state index in [0.717, 1.165) is 20.7 Å². The Labute approximate surface area is 157 Å². The number of thiazole rings is 1. The van der Waals surface area contributed by atoms with Crippen molar-refractivity contribution in [1.29, 1.82) is 0 Å². The summed E-state index contributed by atoms with van der Waals surface area (Å²) in [6, 6.07) is 12.8. The Balaban J connectivity index is 1.78. The van der Waals surface area contributed by atoms with E-state index in [2.05, 4.69) is 33.2 Å². The van der Waals surface area contributed by atoms with E-state index >= 15 is 0 Å². The molecule has 3 nitrogen and oxygen atoms in total. The van der Waals surface area contributed by atoms with Gasteiger partial charge in [-0.25, -0.2) is 4.98 Å². The zero-order valence-corrected chi connectivity index (χ0v) is 16.2. The molecule has 0 spiro atoms. The van der Waals surface area contributed by atoms with Gasteiger partial charge in [0, 0.05) is 26.2 Å². The van der Waals surface area contributed by atoms with Gasteiger partial charge in [-0.3, -0.25) is 4.79 Å². The third-order valence-electron chi connectivity index (χ3n) is 3.50. The maximum atomic E-state index is 12.3. The Morgan fingerprint density at radius 3 is 2.46 bits per heavy atom. The van der Waals surface area contributed by atoms with Crippen LogP contribution in [0.15, 0.2) is 46.9 Å². The highest BCUT2D eigenvalue weighted by molar-refractivity contribution is 9.10. The Morgan fingerprint density at radius 2 is 1.88 bits per heavy atom. The number of aromatic nitrogens is 1. The molecule has 2 aromatic carbocycles. The lowest BCUT2D eigenvalue weighted by atomic mass is 10.1. The lowest BCUT2D eigenvalue weighted by molar-refractivity contribution is 0.102. The van der Waals surface area contributed by atoms with Gasteiger partial charge in [-0.05, 0) is 60.1 Å². The number of benzene rings is 2. The molecule has 0 aliphatic heterocycles. The molecule has 0 saturated carbocycles. The second-order valence-electron chi connectivity index (χ2n) is 5.30. The first-order valence-corrected chi connectivity index (χ1v) is 9.23. The van der Waals surface area contributed by atoms with Crippen LogP contribution in [0.2, 0.25) is 5.02 Å². The number of hydrogen-bond donors (Lipinski definition) is 1. The zero-order chi connectivity index (χ0) is 17.3. The van der Waals surface area contributed by atoms with Crippen LogP contribution >= 0.6 is 38.9 Å². The number of anilines is 1. The lowest BCUT2D eigenvalue weighted by Gasteiger charge is -2.07. The average Bonchev–Trinajstić information content (AvgIpc) is 2.89. The average molecular weight is 422 g/mol. The number of hydrogen-bond acceptors (Lipinski definition) is 3. The molecule has 0 radical (unpaired) electrons. The fourth-order valence-electron chi connectivity index (χ4n) is 2.35. The molecule has 0 bridgehead atoms. The van der Waals surface area contributed by atoms with E-state index in [0.29, 0.717) is 16.3 Å². The van der Waals surface area contributed by atoms with Crippen molar-refractivity contribution in [2.24, 2.45) is 0 Å². The molecule has 0 atom stereocenters. The molecular weight excluding hydrogens is 408 g/mol. The van der Waals surface area contributed by atoms with Crippen molar-refractivity contribution in [3.63, 3.8) is 0 Å². The molecule has 0 aliphatic carbocycles. The van der Waals surface area contributed by atoms with Crippen LogP contribution in [0.4, 0.5) is 5.69 Å². The van der Waals surface area contributed by atoms with Crippen LogP contribution in [0, 0.1) is 13.8 Å². The van der Waals surface area contributed by atoms with Crippen molar-refractivity contribution < 1.29 is 4.79 Å². The Morgan fingerprint density at radius 1 is 1.17 bits per heavy atom. The van der Waals surface area contributed by atoms with Crippen molar-refractivity contribution >= 4 is 50.5 Å². The molecular formula is C18H14BrClN2OS. The van der Waals surface area contributed by atoms with E-state index in [1.54, 1.807) is 41.7 Å². The molecule has 1 N–H and O–H groups in total. The highest BCUT2D eigenvalue weighted by atomic mass is 79.9. The van der Waals surface area contributed by atoms with Crippen LogP contribution in [0.25, 0.3) is 11.3 Å². The first kappa shape index (κ1) is 17.1. The quantitative estimate of drug-likeness (QED) is 0.555. The monoisotopic (exact) mass is 420 g/mol. The molecule has 6 heteroatoms. The smallest absolute Gasteiger partial charge is 0.255 e. The summed E-state index contributed by atoms with van der Waals surface area (Å²) in [7, 11) is 0. The molecule has 0 fully saturated rings. The predicted octanol–water partition coefficient (Wildman–Crippen LogP) is 6.10. The van der Waals surface area contributed by atoms with E-state index in [4.69, 9.17) is 11.6 Å². The highest BCUT2D eigenvalue weighted by Crippen LogP contribution is 2.28. The molecule has 3 rings (SSSR count). The Hall–Kier alpha value is -1.69. The fourth-order valence-corrected chi connectivity index (χ4v) is 3.62. The molecule has 0 unspecified atom stereocenters. The Kier molecular flexibility index (Phi) is 5.04. The lowest BCUT2D eigenvalue weighted by Crippen LogP contribution is -2.11. The van der Waals surface area contributed by atoms with Crippen LogP contribution in [-0.4, -0.2) is 10.9 Å². The van der Waals surface area contributed by atoms with Crippen molar-refractivity contribution in [2.45, 2.75) is 13.8 Å². The third-order valence-corrected chi connectivity index (χ3v) is 5.62. The van der Waals surface area contributed by atoms with Crippen molar-refractivity contribution in [3.05, 3.63) is 67.4 Å². The minimum Gasteiger partial charge on any atom is -0.322 e. The van der Waals surface area contributed by atoms with Crippen molar-refractivity contribution in [2.75, 3.05) is 5.32 Å². The maximum absolute atomic E-state index is 12.3. The maximum Gasteiger partial charge on any atom is 0.255 e. The van der Waals surface area contributed by atoms with E-state index in [9.17, 15) is 4.79 Å². The summed E-state index contributed by atoms with van der Waals surface area (Å²) in [5.41, 5.74) is 3.23. The van der Waals surface area contributed by atoms with Gasteiger partial charge in [0.15, 0.2) is 0 Å². The molecule has 3 aromatic rings. The standard InChI is InChI=1S/C18H14BrClN2OS/c1-10-17(21-11(2)24-10)12-3-5-13(6-4-12)18(23)22-14-7-8-15(19)16(20)9-14/h3-9H,1-2H3,(H,22,23). The summed E-state index contributed by atoms with van der Waals surface area (Å²) in [6.45, 7) is 4.05. The third kappa shape index (κ3) is 3.69. The molecule has 0 saturated heterocycles. The van der Waals surface area contributed by atoms with Crippen molar-refractivity contribution in [3.8, 4) is 11.3 Å². The normalized spacial score (nSPS) is 10.7. The van der Waals surface area contributed by atoms with Crippen LogP contribution in [0.3, 0.4) is 0 Å². The van der Waals surface area contributed by atoms with Crippen LogP contribution in [0.5, 0.6) is 0 Å². The molecule has 1 aromatic heterocycles. The largest absolute Gasteiger partial charge is 0.322 e. The first-order chi connectivity index (χ1) is 11.4. The second kappa shape index (κ2) is 7.05. The predicted molar refractivity (Wildman–Crippen MR) is 104 cm³/mol. The molecule has 1 heterocycles. The minimum absolute atomic E-state index is 0.175. The second-order valence-corrected chi connectivity index (χ2v) is 7.97. The molecule has 1 amide bonds. The summed E-state index contributed by atoms with van der Waals surface area (Å²) >= 11 is 11.0. The number of carbonyl (C=O) groups is 1. The number of carbonyl (C=O) groups excluding carboxylic acids is 1. The first-order valence-electron chi connectivity index (χ1n) is 7.25. The van der Waals surface area contributed by atoms with Crippen LogP contribution in [0.1, 0.15) is 20.2 Å². The number of halogens is 2. The SMILES string of the molecule is Cc1nc(-c2ccc(C(=O)Nc3ccc(Br)c(Cl)c3)cc2)c(C)s1. The van der Waals surface area contributed by atoms with E-state index in [-0.39, 0.29) is 5.91 Å². The Bertz CT molecular complexity index is 906. The molecule has 24 heavy (non-hydrogen) atoms. The number of nitrogens with one attached hydrogen (secondary N) is 1. The minimum atomic E-state index is -0.175. The number of aryl methyl sites for hydroxylation is 2. The van der Waals surface area contributed by atoms with Gasteiger partial charge in [0.2, 0.25) is 0 Å². The van der Waals surface area contributed by atoms with Gasteiger partial charge < -0.3 is 5.32 Å². The van der Waals surface area contributed by atoms with Gasteiger partial charge in [-0.1, -0.05) is 23.7 Å². The van der Waals surface area contributed by atoms with Gasteiger partial charge in [-0.2, -0.15) is 0 Å². The summed E-state index contributed by atoms with van der Waals surface area (Å²) in [6.07, 6.45) is 0. The summed E-state index contributed by atoms with van der Waals surface area (Å²) in [5.74, 6) is -0.175. The molecule has 122 valence electrons. The van der Waals surface area contributed by atoms with Gasteiger partial charge >= 0.3 is 0 Å². The summed E-state index contributed by atoms with van der Waals surface area (Å²) in [5, 5.41) is 4.43. The van der Waals surface area contributed by atoms with E-state index in [1.165, 1.54) is 4.88 Å². The van der Waals surface area contributed by atoms with Crippen molar-refractivity contribution in [1.82, 2.24) is 4.98 Å². The number of rotatable bonds is 3. The van der Waals surface area contributed by atoms with E-state index in [1.807, 2.05) is 19.1 Å². The van der Waals surface area contributed by atoms with Gasteiger partial charge in [0.05, 0.1) is 15.7 Å². The number of amides is 1. The highest BCUT2D eigenvalue weighted by Gasteiger charge is 2.10. The molecule has 0 aliphatic rings. The van der Waals surface area contributed by atoms with Crippen LogP contribution < -0.4 is 5.32 Å². The van der Waals surface area contributed by atoms with Gasteiger partial charge in [-0.15, -0.1) is 11.3 Å². The number of nitrogens with zero attached hydrogens (tertiary/aromatic N) is 1.